The van der Waals surface area contributed by atoms with Crippen LogP contribution >= 0.6 is 27.3 Å². The van der Waals surface area contributed by atoms with Crippen LogP contribution in [0, 0.1) is 6.92 Å². The molecule has 3 rings (SSSR count). The minimum Gasteiger partial charge on any atom is -0.454 e. The van der Waals surface area contributed by atoms with Crippen molar-refractivity contribution < 1.29 is 18.8 Å². The highest BCUT2D eigenvalue weighted by atomic mass is 79.9. The molecule has 0 fully saturated rings. The van der Waals surface area contributed by atoms with Gasteiger partial charge in [0.25, 0.3) is 0 Å². The second kappa shape index (κ2) is 7.11. The fourth-order valence-corrected chi connectivity index (χ4v) is 3.45. The zero-order valence-electron chi connectivity index (χ0n) is 12.6. The summed E-state index contributed by atoms with van der Waals surface area (Å²) in [6, 6.07) is 12.7. The number of halogens is 1. The molecule has 0 saturated carbocycles. The number of hydrogen-bond acceptors (Lipinski definition) is 6. The first-order valence-electron chi connectivity index (χ1n) is 7.03. The van der Waals surface area contributed by atoms with Gasteiger partial charge in [0.15, 0.2) is 6.61 Å². The van der Waals surface area contributed by atoms with Crippen LogP contribution < -0.4 is 0 Å². The monoisotopic (exact) mass is 405 g/mol. The maximum atomic E-state index is 12.4. The standard InChI is InChI=1S/C17H12BrNO4S/c1-10-15(16(19-23-10)11-5-3-2-4-6-11)17(21)22-9-12(20)13-7-8-14(18)24-13/h2-8H,9H2,1H3. The Hall–Kier alpha value is -2.25. The fourth-order valence-electron chi connectivity index (χ4n) is 2.14. The van der Waals surface area contributed by atoms with Crippen molar-refractivity contribution in [3.63, 3.8) is 0 Å². The average Bonchev–Trinajstić information content (AvgIpc) is 3.19. The van der Waals surface area contributed by atoms with Gasteiger partial charge in [-0.1, -0.05) is 35.5 Å². The molecule has 2 heterocycles. The van der Waals surface area contributed by atoms with Crippen molar-refractivity contribution in [2.24, 2.45) is 0 Å². The van der Waals surface area contributed by atoms with Crippen LogP contribution in [-0.2, 0) is 4.74 Å². The number of thiophene rings is 1. The van der Waals surface area contributed by atoms with E-state index in [2.05, 4.69) is 21.1 Å². The summed E-state index contributed by atoms with van der Waals surface area (Å²) in [5, 5.41) is 3.93. The van der Waals surface area contributed by atoms with Gasteiger partial charge in [0.1, 0.15) is 17.0 Å². The van der Waals surface area contributed by atoms with Crippen molar-refractivity contribution >= 4 is 39.0 Å². The van der Waals surface area contributed by atoms with Crippen LogP contribution in [-0.4, -0.2) is 23.5 Å². The molecule has 0 radical (unpaired) electrons. The number of rotatable bonds is 5. The number of esters is 1. The van der Waals surface area contributed by atoms with Gasteiger partial charge in [-0.2, -0.15) is 0 Å². The van der Waals surface area contributed by atoms with E-state index in [1.165, 1.54) is 11.3 Å². The zero-order chi connectivity index (χ0) is 17.1. The van der Waals surface area contributed by atoms with E-state index in [0.717, 1.165) is 9.35 Å². The Morgan fingerprint density at radius 3 is 2.62 bits per heavy atom. The Bertz CT molecular complexity index is 885. The number of aryl methyl sites for hydroxylation is 1. The fraction of sp³-hybridized carbons (Fsp3) is 0.118. The number of ketones is 1. The van der Waals surface area contributed by atoms with Gasteiger partial charge in [-0.25, -0.2) is 4.79 Å². The molecule has 0 unspecified atom stereocenters. The molecule has 122 valence electrons. The van der Waals surface area contributed by atoms with Crippen molar-refractivity contribution in [1.82, 2.24) is 5.16 Å². The number of ether oxygens (including phenoxy) is 1. The molecule has 0 saturated heterocycles. The van der Waals surface area contributed by atoms with Crippen molar-refractivity contribution in [2.45, 2.75) is 6.92 Å². The van der Waals surface area contributed by atoms with Crippen LogP contribution in [0.3, 0.4) is 0 Å². The number of carbonyl (C=O) groups is 2. The zero-order valence-corrected chi connectivity index (χ0v) is 15.0. The molecule has 24 heavy (non-hydrogen) atoms. The van der Waals surface area contributed by atoms with Crippen molar-refractivity contribution in [1.29, 1.82) is 0 Å². The Balaban J connectivity index is 1.76. The minimum absolute atomic E-state index is 0.237. The first-order valence-corrected chi connectivity index (χ1v) is 8.64. The highest BCUT2D eigenvalue weighted by Crippen LogP contribution is 2.26. The van der Waals surface area contributed by atoms with E-state index in [1.807, 2.05) is 30.3 Å². The molecule has 0 aliphatic carbocycles. The SMILES string of the molecule is Cc1onc(-c2ccccc2)c1C(=O)OCC(=O)c1ccc(Br)s1. The summed E-state index contributed by atoms with van der Waals surface area (Å²) >= 11 is 4.59. The maximum Gasteiger partial charge on any atom is 0.344 e. The molecule has 0 N–H and O–H groups in total. The first-order chi connectivity index (χ1) is 11.6. The van der Waals surface area contributed by atoms with Gasteiger partial charge >= 0.3 is 5.97 Å². The van der Waals surface area contributed by atoms with Gasteiger partial charge in [0.05, 0.1) is 8.66 Å². The summed E-state index contributed by atoms with van der Waals surface area (Å²) < 4.78 is 11.1. The van der Waals surface area contributed by atoms with Crippen LogP contribution in [0.1, 0.15) is 25.8 Å². The first kappa shape index (κ1) is 16.6. The van der Waals surface area contributed by atoms with Gasteiger partial charge in [-0.3, -0.25) is 4.79 Å². The van der Waals surface area contributed by atoms with Crippen LogP contribution in [0.15, 0.2) is 50.8 Å². The predicted molar refractivity (Wildman–Crippen MR) is 93.3 cm³/mol. The molecule has 1 aromatic carbocycles. The number of benzene rings is 1. The molecule has 0 amide bonds. The molecule has 0 atom stereocenters. The third-order valence-electron chi connectivity index (χ3n) is 3.30. The molecule has 0 aliphatic rings. The quantitative estimate of drug-likeness (QED) is 0.461. The highest BCUT2D eigenvalue weighted by molar-refractivity contribution is 9.11. The summed E-state index contributed by atoms with van der Waals surface area (Å²) in [7, 11) is 0. The number of carbonyl (C=O) groups excluding carboxylic acids is 2. The van der Waals surface area contributed by atoms with Gasteiger partial charge in [-0.15, -0.1) is 11.3 Å². The van der Waals surface area contributed by atoms with Crippen molar-refractivity contribution in [3.8, 4) is 11.3 Å². The molecular formula is C17H12BrNO4S. The second-order valence-corrected chi connectivity index (χ2v) is 7.39. The maximum absolute atomic E-state index is 12.4. The normalized spacial score (nSPS) is 10.6. The molecule has 7 heteroatoms. The molecule has 0 aliphatic heterocycles. The van der Waals surface area contributed by atoms with Crippen LogP contribution in [0.25, 0.3) is 11.3 Å². The molecule has 5 nitrogen and oxygen atoms in total. The molecule has 0 bridgehead atoms. The Labute approximate surface area is 150 Å². The summed E-state index contributed by atoms with van der Waals surface area (Å²) in [6.45, 7) is 1.30. The lowest BCUT2D eigenvalue weighted by Crippen LogP contribution is -2.14. The van der Waals surface area contributed by atoms with Crippen molar-refractivity contribution in [3.05, 3.63) is 62.5 Å². The van der Waals surface area contributed by atoms with Crippen LogP contribution in [0.2, 0.25) is 0 Å². The largest absolute Gasteiger partial charge is 0.454 e. The van der Waals surface area contributed by atoms with Gasteiger partial charge in [-0.05, 0) is 35.0 Å². The summed E-state index contributed by atoms with van der Waals surface area (Å²) in [5.41, 5.74) is 1.39. The van der Waals surface area contributed by atoms with Crippen molar-refractivity contribution in [2.75, 3.05) is 6.61 Å². The predicted octanol–water partition coefficient (Wildman–Crippen LogP) is 4.51. The minimum atomic E-state index is -0.628. The second-order valence-electron chi connectivity index (χ2n) is 4.93. The Kier molecular flexibility index (Phi) is 4.92. The van der Waals surface area contributed by atoms with Gasteiger partial charge in [0.2, 0.25) is 5.78 Å². The lowest BCUT2D eigenvalue weighted by Gasteiger charge is -2.04. The van der Waals surface area contributed by atoms with E-state index >= 15 is 0 Å². The molecule has 2 aromatic heterocycles. The summed E-state index contributed by atoms with van der Waals surface area (Å²) in [5.74, 6) is -0.531. The van der Waals surface area contributed by atoms with E-state index in [0.29, 0.717) is 16.3 Å². The van der Waals surface area contributed by atoms with E-state index in [1.54, 1.807) is 19.1 Å². The van der Waals surface area contributed by atoms with E-state index < -0.39 is 5.97 Å². The van der Waals surface area contributed by atoms with Crippen LogP contribution in [0.5, 0.6) is 0 Å². The Morgan fingerprint density at radius 2 is 1.96 bits per heavy atom. The van der Waals surface area contributed by atoms with Gasteiger partial charge in [0, 0.05) is 5.56 Å². The lowest BCUT2D eigenvalue weighted by atomic mass is 10.1. The van der Waals surface area contributed by atoms with E-state index in [9.17, 15) is 9.59 Å². The summed E-state index contributed by atoms with van der Waals surface area (Å²) in [4.78, 5) is 25.0. The number of Topliss-reactive ketones (excluding diaryl/α,β-unsaturated/α-hetero) is 1. The number of hydrogen-bond donors (Lipinski definition) is 0. The molecule has 3 aromatic rings. The Morgan fingerprint density at radius 1 is 1.21 bits per heavy atom. The topological polar surface area (TPSA) is 69.4 Å². The third kappa shape index (κ3) is 3.47. The smallest absolute Gasteiger partial charge is 0.344 e. The van der Waals surface area contributed by atoms with Gasteiger partial charge < -0.3 is 9.26 Å². The third-order valence-corrected chi connectivity index (χ3v) is 4.96. The van der Waals surface area contributed by atoms with E-state index in [-0.39, 0.29) is 18.0 Å². The van der Waals surface area contributed by atoms with Crippen LogP contribution in [0.4, 0.5) is 0 Å². The van der Waals surface area contributed by atoms with E-state index in [4.69, 9.17) is 9.26 Å². The highest BCUT2D eigenvalue weighted by Gasteiger charge is 2.24. The lowest BCUT2D eigenvalue weighted by molar-refractivity contribution is 0.0474. The number of nitrogens with zero attached hydrogens (tertiary/aromatic N) is 1. The molecule has 0 spiro atoms. The average molecular weight is 406 g/mol. The molecular weight excluding hydrogens is 394 g/mol. The summed E-state index contributed by atoms with van der Waals surface area (Å²) in [6.07, 6.45) is 0. The number of aromatic nitrogens is 1.